The number of aliphatic carboxylic acids is 1. The number of aromatic nitrogens is 2. The molecule has 3 N–H and O–H groups in total. The van der Waals surface area contributed by atoms with Crippen LogP contribution in [0.1, 0.15) is 49.2 Å². The minimum absolute atomic E-state index is 0.00756. The first-order valence-electron chi connectivity index (χ1n) is 12.6. The van der Waals surface area contributed by atoms with Gasteiger partial charge in [0.1, 0.15) is 11.7 Å². The van der Waals surface area contributed by atoms with E-state index in [1.165, 1.54) is 18.6 Å². The Balaban J connectivity index is 1.89. The van der Waals surface area contributed by atoms with Gasteiger partial charge in [0.25, 0.3) is 11.9 Å². The zero-order valence-corrected chi connectivity index (χ0v) is 22.4. The fourth-order valence-corrected chi connectivity index (χ4v) is 4.32. The molecule has 2 amide bonds. The first-order valence-corrected chi connectivity index (χ1v) is 12.6. The lowest BCUT2D eigenvalue weighted by atomic mass is 9.70. The lowest BCUT2D eigenvalue weighted by Gasteiger charge is -2.38. The van der Waals surface area contributed by atoms with E-state index in [2.05, 4.69) is 20.6 Å². The number of carbonyl (C=O) groups excluding carboxylic acids is 4. The maximum Gasteiger partial charge on any atom is 0.552 e. The highest BCUT2D eigenvalue weighted by Crippen LogP contribution is 2.31. The van der Waals surface area contributed by atoms with E-state index in [4.69, 9.17) is 14.0 Å². The average molecular weight is 554 g/mol. The second-order valence-corrected chi connectivity index (χ2v) is 9.76. The molecule has 0 unspecified atom stereocenters. The van der Waals surface area contributed by atoms with Crippen molar-refractivity contribution in [2.45, 2.75) is 57.1 Å². The molecule has 14 heteroatoms. The maximum absolute atomic E-state index is 13.6. The van der Waals surface area contributed by atoms with Gasteiger partial charge in [-0.25, -0.2) is 9.78 Å². The standard InChI is InChI=1S/C26H31BN4O9/c1-16(2)11-20(27-39-22(34)14-26(40-27,13-21(32)33)25(37)38-3)31-23(35)18(12-17-7-5-4-6-8-17)30-24(36)19-15-28-9-10-29-19/h4-10,15-16,18,20H,11-14H2,1-3H3,(H,30,36)(H,31,35)(H,32,33)/t18-,20-,26-/m0/s1. The highest BCUT2D eigenvalue weighted by atomic mass is 16.7. The number of benzene rings is 1. The number of carbonyl (C=O) groups is 5. The first kappa shape index (κ1) is 30.2. The van der Waals surface area contributed by atoms with Gasteiger partial charge in [-0.05, 0) is 17.9 Å². The lowest BCUT2D eigenvalue weighted by molar-refractivity contribution is -0.177. The highest BCUT2D eigenvalue weighted by molar-refractivity contribution is 6.50. The molecule has 1 fully saturated rings. The van der Waals surface area contributed by atoms with Crippen LogP contribution in [0.15, 0.2) is 48.9 Å². The summed E-state index contributed by atoms with van der Waals surface area (Å²) in [6, 6.07) is 7.90. The summed E-state index contributed by atoms with van der Waals surface area (Å²) in [5.74, 6) is -5.63. The molecule has 2 aromatic rings. The fraction of sp³-hybridized carbons (Fsp3) is 0.423. The van der Waals surface area contributed by atoms with Crippen molar-refractivity contribution in [3.8, 4) is 0 Å². The average Bonchev–Trinajstić information content (AvgIpc) is 2.91. The molecule has 1 aromatic carbocycles. The van der Waals surface area contributed by atoms with E-state index in [0.29, 0.717) is 0 Å². The molecule has 0 bridgehead atoms. The van der Waals surface area contributed by atoms with Crippen LogP contribution in [0.25, 0.3) is 0 Å². The second kappa shape index (κ2) is 13.6. The number of nitrogens with zero attached hydrogens (tertiary/aromatic N) is 2. The van der Waals surface area contributed by atoms with Gasteiger partial charge in [0.15, 0.2) is 5.60 Å². The van der Waals surface area contributed by atoms with Crippen molar-refractivity contribution >= 4 is 36.8 Å². The summed E-state index contributed by atoms with van der Waals surface area (Å²) in [5, 5.41) is 14.8. The van der Waals surface area contributed by atoms with Gasteiger partial charge in [0.2, 0.25) is 5.91 Å². The third-order valence-corrected chi connectivity index (χ3v) is 6.10. The van der Waals surface area contributed by atoms with Crippen molar-refractivity contribution in [2.24, 2.45) is 5.92 Å². The van der Waals surface area contributed by atoms with E-state index in [9.17, 15) is 29.1 Å². The summed E-state index contributed by atoms with van der Waals surface area (Å²) in [7, 11) is -0.454. The third kappa shape index (κ3) is 8.09. The van der Waals surface area contributed by atoms with Crippen LogP contribution in [0.4, 0.5) is 0 Å². The van der Waals surface area contributed by atoms with E-state index in [0.717, 1.165) is 12.7 Å². The topological polar surface area (TPSA) is 183 Å². The molecule has 0 saturated carbocycles. The van der Waals surface area contributed by atoms with Gasteiger partial charge in [0.05, 0.1) is 32.1 Å². The van der Waals surface area contributed by atoms with Gasteiger partial charge < -0.3 is 29.8 Å². The Bertz CT molecular complexity index is 1210. The molecular formula is C26H31BN4O9. The number of rotatable bonds is 12. The molecule has 212 valence electrons. The Morgan fingerprint density at radius 3 is 2.48 bits per heavy atom. The molecule has 3 atom stereocenters. The minimum Gasteiger partial charge on any atom is -0.508 e. The third-order valence-electron chi connectivity index (χ3n) is 6.10. The molecule has 1 saturated heterocycles. The molecule has 0 radical (unpaired) electrons. The van der Waals surface area contributed by atoms with Gasteiger partial charge in [-0.3, -0.25) is 24.2 Å². The van der Waals surface area contributed by atoms with E-state index in [1.807, 2.05) is 19.9 Å². The van der Waals surface area contributed by atoms with Crippen LogP contribution in [-0.2, 0) is 39.6 Å². The van der Waals surface area contributed by atoms with Crippen molar-refractivity contribution in [1.29, 1.82) is 0 Å². The zero-order chi connectivity index (χ0) is 29.3. The fourth-order valence-electron chi connectivity index (χ4n) is 4.32. The van der Waals surface area contributed by atoms with Crippen molar-refractivity contribution in [1.82, 2.24) is 20.6 Å². The van der Waals surface area contributed by atoms with Gasteiger partial charge in [0, 0.05) is 18.8 Å². The van der Waals surface area contributed by atoms with E-state index >= 15 is 0 Å². The maximum atomic E-state index is 13.6. The van der Waals surface area contributed by atoms with Gasteiger partial charge >= 0.3 is 19.1 Å². The van der Waals surface area contributed by atoms with Crippen LogP contribution >= 0.6 is 0 Å². The number of hydrogen-bond donors (Lipinski definition) is 3. The summed E-state index contributed by atoms with van der Waals surface area (Å²) in [4.78, 5) is 71.0. The van der Waals surface area contributed by atoms with Crippen LogP contribution in [0.2, 0.25) is 0 Å². The molecular weight excluding hydrogens is 523 g/mol. The minimum atomic E-state index is -2.13. The zero-order valence-electron chi connectivity index (χ0n) is 22.4. The Morgan fingerprint density at radius 1 is 1.15 bits per heavy atom. The Morgan fingerprint density at radius 2 is 1.88 bits per heavy atom. The normalized spacial score (nSPS) is 18.3. The van der Waals surface area contributed by atoms with Crippen molar-refractivity contribution in [3.63, 3.8) is 0 Å². The number of hydrogen-bond acceptors (Lipinski definition) is 10. The number of nitrogens with one attached hydrogen (secondary N) is 2. The molecule has 13 nitrogen and oxygen atoms in total. The highest BCUT2D eigenvalue weighted by Gasteiger charge is 2.55. The predicted octanol–water partition coefficient (Wildman–Crippen LogP) is 0.726. The summed E-state index contributed by atoms with van der Waals surface area (Å²) >= 11 is 0. The number of esters is 1. The second-order valence-electron chi connectivity index (χ2n) is 9.76. The Kier molecular flexibility index (Phi) is 10.3. The molecule has 0 spiro atoms. The number of carboxylic acids is 1. The van der Waals surface area contributed by atoms with Crippen molar-refractivity contribution in [2.75, 3.05) is 7.11 Å². The molecule has 1 aliphatic heterocycles. The molecule has 3 rings (SSSR count). The molecule has 1 aromatic heterocycles. The molecule has 0 aliphatic carbocycles. The lowest BCUT2D eigenvalue weighted by Crippen LogP contribution is -2.63. The number of ether oxygens (including phenoxy) is 1. The van der Waals surface area contributed by atoms with E-state index in [1.54, 1.807) is 24.3 Å². The first-order chi connectivity index (χ1) is 19.0. The quantitative estimate of drug-likeness (QED) is 0.248. The molecule has 2 heterocycles. The van der Waals surface area contributed by atoms with Gasteiger partial charge in [-0.1, -0.05) is 44.2 Å². The molecule has 1 aliphatic rings. The van der Waals surface area contributed by atoms with Crippen LogP contribution in [0.3, 0.4) is 0 Å². The van der Waals surface area contributed by atoms with Gasteiger partial charge in [-0.2, -0.15) is 0 Å². The van der Waals surface area contributed by atoms with Crippen LogP contribution < -0.4 is 10.6 Å². The monoisotopic (exact) mass is 554 g/mol. The van der Waals surface area contributed by atoms with Crippen molar-refractivity contribution < 1.29 is 43.1 Å². The Hall–Kier alpha value is -4.33. The van der Waals surface area contributed by atoms with Crippen LogP contribution in [-0.4, -0.2) is 76.6 Å². The molecule has 40 heavy (non-hydrogen) atoms. The van der Waals surface area contributed by atoms with Gasteiger partial charge in [-0.15, -0.1) is 0 Å². The summed E-state index contributed by atoms with van der Waals surface area (Å²) in [5.41, 5.74) is -1.37. The van der Waals surface area contributed by atoms with Crippen LogP contribution in [0.5, 0.6) is 0 Å². The Labute approximate surface area is 231 Å². The van der Waals surface area contributed by atoms with Crippen LogP contribution in [0, 0.1) is 5.92 Å². The van der Waals surface area contributed by atoms with E-state index < -0.39 is 67.3 Å². The largest absolute Gasteiger partial charge is 0.552 e. The van der Waals surface area contributed by atoms with E-state index in [-0.39, 0.29) is 24.5 Å². The predicted molar refractivity (Wildman–Crippen MR) is 139 cm³/mol. The number of carboxylic acid groups (broad SMARTS) is 1. The summed E-state index contributed by atoms with van der Waals surface area (Å²) < 4.78 is 15.9. The smallest absolute Gasteiger partial charge is 0.508 e. The van der Waals surface area contributed by atoms with Crippen molar-refractivity contribution in [3.05, 3.63) is 60.2 Å². The SMILES string of the molecule is COC(=O)[C@]1(CC(=O)O)CC(=O)OB([C@H](CC(C)C)NC(=O)[C@H](Cc2ccccc2)NC(=O)c2cnccn2)O1. The summed E-state index contributed by atoms with van der Waals surface area (Å²) in [6.07, 6.45) is 2.84. The number of methoxy groups -OCH3 is 1. The summed E-state index contributed by atoms with van der Waals surface area (Å²) in [6.45, 7) is 3.71. The number of amides is 2.